The molecule has 2 aromatic rings. The van der Waals surface area contributed by atoms with Gasteiger partial charge in [0, 0.05) is 5.33 Å². The molecule has 0 unspecified atom stereocenters. The molecule has 2 rings (SSSR count). The predicted molar refractivity (Wildman–Crippen MR) is 93.0 cm³/mol. The van der Waals surface area contributed by atoms with Gasteiger partial charge in [-0.25, -0.2) is 4.83 Å². The molecule has 4 nitrogen and oxygen atoms in total. The number of aryl methyl sites for hydroxylation is 2. The molecule has 1 N–H and O–H groups in total. The van der Waals surface area contributed by atoms with Crippen LogP contribution >= 0.6 is 15.9 Å². The predicted octanol–water partition coefficient (Wildman–Crippen LogP) is 3.24. The van der Waals surface area contributed by atoms with Gasteiger partial charge in [0.25, 0.3) is 10.0 Å². The van der Waals surface area contributed by atoms with E-state index in [9.17, 15) is 8.42 Å². The first-order chi connectivity index (χ1) is 10.5. The van der Waals surface area contributed by atoms with E-state index < -0.39 is 10.0 Å². The van der Waals surface area contributed by atoms with Crippen LogP contribution in [0.15, 0.2) is 58.5 Å². The zero-order chi connectivity index (χ0) is 16.0. The Morgan fingerprint density at radius 3 is 2.50 bits per heavy atom. The summed E-state index contributed by atoms with van der Waals surface area (Å²) in [6.07, 6.45) is 2.39. The maximum atomic E-state index is 12.1. The fourth-order valence-corrected chi connectivity index (χ4v) is 3.14. The van der Waals surface area contributed by atoms with Crippen LogP contribution in [0.5, 0.6) is 0 Å². The highest BCUT2D eigenvalue weighted by molar-refractivity contribution is 9.09. The third kappa shape index (κ3) is 4.42. The Morgan fingerprint density at radius 2 is 1.82 bits per heavy atom. The Bertz CT molecular complexity index is 756. The summed E-state index contributed by atoms with van der Waals surface area (Å²) in [5, 5.41) is 4.72. The van der Waals surface area contributed by atoms with Crippen LogP contribution in [0.3, 0.4) is 0 Å². The highest BCUT2D eigenvalue weighted by Gasteiger charge is 2.11. The van der Waals surface area contributed by atoms with Gasteiger partial charge in [-0.05, 0) is 36.6 Å². The molecule has 0 amide bonds. The van der Waals surface area contributed by atoms with E-state index in [0.29, 0.717) is 0 Å². The summed E-state index contributed by atoms with van der Waals surface area (Å²) >= 11 is 3.40. The van der Waals surface area contributed by atoms with E-state index in [-0.39, 0.29) is 4.90 Å². The lowest BCUT2D eigenvalue weighted by Gasteiger charge is -2.05. The number of halogens is 1. The fourth-order valence-electron chi connectivity index (χ4n) is 1.93. The average molecular weight is 381 g/mol. The summed E-state index contributed by atoms with van der Waals surface area (Å²) in [6.45, 7) is 1.91. The van der Waals surface area contributed by atoms with Crippen LogP contribution in [0.1, 0.15) is 16.7 Å². The first kappa shape index (κ1) is 16.7. The van der Waals surface area contributed by atoms with Gasteiger partial charge in [-0.1, -0.05) is 57.9 Å². The summed E-state index contributed by atoms with van der Waals surface area (Å²) in [5.74, 6) is 0. The van der Waals surface area contributed by atoms with Crippen LogP contribution in [0, 0.1) is 6.92 Å². The zero-order valence-corrected chi connectivity index (χ0v) is 14.6. The molecule has 0 aliphatic rings. The monoisotopic (exact) mass is 380 g/mol. The summed E-state index contributed by atoms with van der Waals surface area (Å²) < 4.78 is 24.2. The Labute approximate surface area is 139 Å². The van der Waals surface area contributed by atoms with Crippen molar-refractivity contribution in [3.8, 4) is 0 Å². The molecule has 0 saturated carbocycles. The SMILES string of the molecule is Cc1ccc(S(=O)(=O)N/N=C\c2ccccc2CCBr)cc1. The summed E-state index contributed by atoms with van der Waals surface area (Å²) in [5.41, 5.74) is 3.01. The lowest BCUT2D eigenvalue weighted by molar-refractivity contribution is 0.584. The molecule has 0 spiro atoms. The topological polar surface area (TPSA) is 58.5 Å². The minimum Gasteiger partial charge on any atom is -0.200 e. The van der Waals surface area contributed by atoms with Crippen LogP contribution in [-0.4, -0.2) is 20.0 Å². The second-order valence-corrected chi connectivity index (χ2v) is 7.26. The molecule has 0 heterocycles. The molecular weight excluding hydrogens is 364 g/mol. The minimum atomic E-state index is -3.63. The van der Waals surface area contributed by atoms with Gasteiger partial charge in [0.15, 0.2) is 0 Å². The maximum Gasteiger partial charge on any atom is 0.276 e. The molecule has 0 aliphatic heterocycles. The standard InChI is InChI=1S/C16H17BrN2O2S/c1-13-6-8-16(9-7-13)22(20,21)19-18-12-15-5-3-2-4-14(15)10-11-17/h2-9,12,19H,10-11H2,1H3/b18-12-. The molecule has 0 fully saturated rings. The number of hydrogen-bond donors (Lipinski definition) is 1. The van der Waals surface area contributed by atoms with Crippen LogP contribution in [0.2, 0.25) is 0 Å². The highest BCUT2D eigenvalue weighted by atomic mass is 79.9. The van der Waals surface area contributed by atoms with Crippen molar-refractivity contribution < 1.29 is 8.42 Å². The second kappa shape index (κ2) is 7.56. The van der Waals surface area contributed by atoms with Crippen molar-refractivity contribution in [3.63, 3.8) is 0 Å². The smallest absolute Gasteiger partial charge is 0.200 e. The van der Waals surface area contributed by atoms with Gasteiger partial charge < -0.3 is 0 Å². The van der Waals surface area contributed by atoms with Crippen LogP contribution in [0.25, 0.3) is 0 Å². The third-order valence-electron chi connectivity index (χ3n) is 3.13. The van der Waals surface area contributed by atoms with E-state index >= 15 is 0 Å². The van der Waals surface area contributed by atoms with Crippen molar-refractivity contribution in [2.24, 2.45) is 5.10 Å². The number of nitrogens with one attached hydrogen (secondary N) is 1. The quantitative estimate of drug-likeness (QED) is 0.475. The van der Waals surface area contributed by atoms with Gasteiger partial charge >= 0.3 is 0 Å². The molecule has 0 aliphatic carbocycles. The zero-order valence-electron chi connectivity index (χ0n) is 12.2. The molecule has 2 aromatic carbocycles. The van der Waals surface area contributed by atoms with E-state index in [1.807, 2.05) is 31.2 Å². The van der Waals surface area contributed by atoms with Crippen LogP contribution in [0.4, 0.5) is 0 Å². The number of rotatable bonds is 6. The fraction of sp³-hybridized carbons (Fsp3) is 0.188. The summed E-state index contributed by atoms with van der Waals surface area (Å²) in [7, 11) is -3.63. The van der Waals surface area contributed by atoms with E-state index in [1.165, 1.54) is 6.21 Å². The minimum absolute atomic E-state index is 0.198. The van der Waals surface area contributed by atoms with Crippen molar-refractivity contribution in [2.45, 2.75) is 18.2 Å². The normalized spacial score (nSPS) is 11.7. The second-order valence-electron chi connectivity index (χ2n) is 4.80. The summed E-state index contributed by atoms with van der Waals surface area (Å²) in [6, 6.07) is 14.4. The van der Waals surface area contributed by atoms with Gasteiger partial charge in [0.1, 0.15) is 0 Å². The molecule has 116 valence electrons. The van der Waals surface area contributed by atoms with Crippen molar-refractivity contribution in [1.29, 1.82) is 0 Å². The van der Waals surface area contributed by atoms with Gasteiger partial charge in [-0.3, -0.25) is 0 Å². The van der Waals surface area contributed by atoms with Gasteiger partial charge in [-0.2, -0.15) is 13.5 Å². The Balaban J connectivity index is 2.13. The Hall–Kier alpha value is -1.66. The molecule has 0 saturated heterocycles. The lowest BCUT2D eigenvalue weighted by Crippen LogP contribution is -2.18. The number of benzene rings is 2. The van der Waals surface area contributed by atoms with E-state index in [2.05, 4.69) is 25.9 Å². The number of sulfonamides is 1. The molecule has 22 heavy (non-hydrogen) atoms. The van der Waals surface area contributed by atoms with Crippen molar-refractivity contribution >= 4 is 32.2 Å². The Morgan fingerprint density at radius 1 is 1.14 bits per heavy atom. The van der Waals surface area contributed by atoms with Crippen LogP contribution < -0.4 is 4.83 Å². The van der Waals surface area contributed by atoms with Gasteiger partial charge in [-0.15, -0.1) is 0 Å². The number of alkyl halides is 1. The number of nitrogens with zero attached hydrogens (tertiary/aromatic N) is 1. The number of hydrogen-bond acceptors (Lipinski definition) is 3. The first-order valence-electron chi connectivity index (χ1n) is 6.78. The maximum absolute atomic E-state index is 12.1. The first-order valence-corrected chi connectivity index (χ1v) is 9.39. The van der Waals surface area contributed by atoms with Gasteiger partial charge in [0.05, 0.1) is 11.1 Å². The molecule has 0 aromatic heterocycles. The van der Waals surface area contributed by atoms with E-state index in [1.54, 1.807) is 24.3 Å². The lowest BCUT2D eigenvalue weighted by atomic mass is 10.1. The molecule has 6 heteroatoms. The summed E-state index contributed by atoms with van der Waals surface area (Å²) in [4.78, 5) is 2.44. The third-order valence-corrected chi connectivity index (χ3v) is 4.76. The van der Waals surface area contributed by atoms with Crippen LogP contribution in [-0.2, 0) is 16.4 Å². The molecule has 0 bridgehead atoms. The molecule has 0 radical (unpaired) electrons. The van der Waals surface area contributed by atoms with E-state index in [4.69, 9.17) is 0 Å². The van der Waals surface area contributed by atoms with E-state index in [0.717, 1.165) is 28.4 Å². The highest BCUT2D eigenvalue weighted by Crippen LogP contribution is 2.11. The molecule has 0 atom stereocenters. The molecular formula is C16H17BrN2O2S. The van der Waals surface area contributed by atoms with Gasteiger partial charge in [0.2, 0.25) is 0 Å². The number of hydrazone groups is 1. The van der Waals surface area contributed by atoms with Crippen molar-refractivity contribution in [2.75, 3.05) is 5.33 Å². The van der Waals surface area contributed by atoms with Crippen molar-refractivity contribution in [1.82, 2.24) is 4.83 Å². The average Bonchev–Trinajstić information content (AvgIpc) is 2.49. The van der Waals surface area contributed by atoms with Crippen molar-refractivity contribution in [3.05, 3.63) is 65.2 Å². The largest absolute Gasteiger partial charge is 0.276 e. The Kier molecular flexibility index (Phi) is 5.74.